The Morgan fingerprint density at radius 1 is 1.07 bits per heavy atom. The van der Waals surface area contributed by atoms with E-state index in [-0.39, 0.29) is 15.8 Å². The summed E-state index contributed by atoms with van der Waals surface area (Å²) in [5.41, 5.74) is 0. The molecule has 2 saturated heterocycles. The second-order valence-electron chi connectivity index (χ2n) is 7.86. The molecule has 2 heterocycles. The van der Waals surface area contributed by atoms with E-state index < -0.39 is 10.0 Å². The minimum absolute atomic E-state index is 0.0890. The highest BCUT2D eigenvalue weighted by atomic mass is 35.5. The topological polar surface area (TPSA) is 60.9 Å². The van der Waals surface area contributed by atoms with Crippen LogP contribution in [-0.2, 0) is 14.8 Å². The Labute approximate surface area is 167 Å². The molecular weight excluding hydrogens is 386 g/mol. The summed E-state index contributed by atoms with van der Waals surface area (Å²) in [7, 11) is -3.63. The Morgan fingerprint density at radius 3 is 2.26 bits per heavy atom. The van der Waals surface area contributed by atoms with Gasteiger partial charge >= 0.3 is 0 Å². The summed E-state index contributed by atoms with van der Waals surface area (Å²) < 4.78 is 27.0. The Balaban J connectivity index is 1.57. The van der Waals surface area contributed by atoms with Crippen LogP contribution in [0.1, 0.15) is 20.3 Å². The molecule has 0 bridgehead atoms. The highest BCUT2D eigenvalue weighted by Gasteiger charge is 2.32. The molecule has 0 N–H and O–H groups in total. The van der Waals surface area contributed by atoms with Gasteiger partial charge in [-0.3, -0.25) is 9.69 Å². The van der Waals surface area contributed by atoms with Crippen molar-refractivity contribution in [1.82, 2.24) is 14.1 Å². The van der Waals surface area contributed by atoms with Crippen LogP contribution < -0.4 is 0 Å². The second-order valence-corrected chi connectivity index (χ2v) is 10.2. The first-order chi connectivity index (χ1) is 12.8. The van der Waals surface area contributed by atoms with Gasteiger partial charge in [0.1, 0.15) is 4.90 Å². The first kappa shape index (κ1) is 20.6. The van der Waals surface area contributed by atoms with Crippen molar-refractivity contribution in [1.29, 1.82) is 0 Å². The van der Waals surface area contributed by atoms with E-state index in [0.717, 1.165) is 13.1 Å². The normalized spacial score (nSPS) is 25.5. The quantitative estimate of drug-likeness (QED) is 0.758. The maximum Gasteiger partial charge on any atom is 0.244 e. The van der Waals surface area contributed by atoms with Gasteiger partial charge < -0.3 is 4.90 Å². The molecule has 2 atom stereocenters. The van der Waals surface area contributed by atoms with Gasteiger partial charge in [0.2, 0.25) is 15.9 Å². The third-order valence-electron chi connectivity index (χ3n) is 5.35. The number of benzene rings is 1. The number of hydrogen-bond donors (Lipinski definition) is 0. The molecular formula is C19H28ClN3O3S. The van der Waals surface area contributed by atoms with Gasteiger partial charge in [-0.2, -0.15) is 4.31 Å². The summed E-state index contributed by atoms with van der Waals surface area (Å²) in [5.74, 6) is 1.31. The zero-order chi connectivity index (χ0) is 19.6. The smallest absolute Gasteiger partial charge is 0.244 e. The number of piperidine rings is 1. The minimum atomic E-state index is -3.63. The van der Waals surface area contributed by atoms with E-state index in [1.807, 2.05) is 0 Å². The molecule has 8 heteroatoms. The predicted octanol–water partition coefficient (Wildman–Crippen LogP) is 2.15. The van der Waals surface area contributed by atoms with E-state index in [1.54, 1.807) is 23.1 Å². The van der Waals surface area contributed by atoms with Gasteiger partial charge in [0.15, 0.2) is 0 Å². The lowest BCUT2D eigenvalue weighted by molar-refractivity contribution is -0.134. The Bertz CT molecular complexity index is 768. The monoisotopic (exact) mass is 413 g/mol. The fourth-order valence-corrected chi connectivity index (χ4v) is 6.10. The standard InChI is InChI=1S/C19H28ClN3O3S/c1-15-11-16(2)13-21(12-15)14-19(24)22-7-9-23(10-8-22)27(25,26)18-6-4-3-5-17(18)20/h3-6,15-16H,7-14H2,1-2H3. The molecule has 1 amide bonds. The predicted molar refractivity (Wildman–Crippen MR) is 106 cm³/mol. The number of nitrogens with zero attached hydrogens (tertiary/aromatic N) is 3. The molecule has 0 radical (unpaired) electrons. The fraction of sp³-hybridized carbons (Fsp3) is 0.632. The van der Waals surface area contributed by atoms with E-state index in [2.05, 4.69) is 18.7 Å². The second kappa shape index (κ2) is 8.47. The summed E-state index contributed by atoms with van der Waals surface area (Å²) in [5, 5.41) is 0.226. The van der Waals surface area contributed by atoms with Gasteiger partial charge in [-0.05, 0) is 30.4 Å². The zero-order valence-electron chi connectivity index (χ0n) is 16.0. The van der Waals surface area contributed by atoms with Crippen molar-refractivity contribution in [2.75, 3.05) is 45.8 Å². The molecule has 0 aromatic heterocycles. The highest BCUT2D eigenvalue weighted by molar-refractivity contribution is 7.89. The van der Waals surface area contributed by atoms with Crippen LogP contribution in [0.15, 0.2) is 29.2 Å². The van der Waals surface area contributed by atoms with Gasteiger partial charge in [0, 0.05) is 39.3 Å². The van der Waals surface area contributed by atoms with Crippen LogP contribution in [0.4, 0.5) is 0 Å². The van der Waals surface area contributed by atoms with Crippen molar-refractivity contribution in [2.24, 2.45) is 11.8 Å². The summed E-state index contributed by atoms with van der Waals surface area (Å²) >= 11 is 6.06. The van der Waals surface area contributed by atoms with Crippen molar-refractivity contribution in [3.8, 4) is 0 Å². The molecule has 6 nitrogen and oxygen atoms in total. The fourth-order valence-electron chi connectivity index (χ4n) is 4.18. The van der Waals surface area contributed by atoms with Crippen molar-refractivity contribution in [3.63, 3.8) is 0 Å². The lowest BCUT2D eigenvalue weighted by Crippen LogP contribution is -2.53. The SMILES string of the molecule is CC1CC(C)CN(CC(=O)N2CCN(S(=O)(=O)c3ccccc3Cl)CC2)C1. The number of carbonyl (C=O) groups excluding carboxylic acids is 1. The van der Waals surface area contributed by atoms with Crippen LogP contribution in [-0.4, -0.2) is 74.2 Å². The van der Waals surface area contributed by atoms with Gasteiger partial charge in [-0.25, -0.2) is 8.42 Å². The van der Waals surface area contributed by atoms with Crippen molar-refractivity contribution in [3.05, 3.63) is 29.3 Å². The summed E-state index contributed by atoms with van der Waals surface area (Å²) in [6, 6.07) is 6.47. The summed E-state index contributed by atoms with van der Waals surface area (Å²) in [6.07, 6.45) is 1.21. The third kappa shape index (κ3) is 4.83. The minimum Gasteiger partial charge on any atom is -0.339 e. The van der Waals surface area contributed by atoms with Crippen molar-refractivity contribution in [2.45, 2.75) is 25.2 Å². The lowest BCUT2D eigenvalue weighted by atomic mass is 9.92. The maximum absolute atomic E-state index is 12.8. The number of carbonyl (C=O) groups is 1. The van der Waals surface area contributed by atoms with Gasteiger partial charge in [-0.1, -0.05) is 37.6 Å². The zero-order valence-corrected chi connectivity index (χ0v) is 17.5. The number of halogens is 1. The number of rotatable bonds is 4. The van der Waals surface area contributed by atoms with E-state index in [4.69, 9.17) is 11.6 Å². The molecule has 0 saturated carbocycles. The molecule has 0 aliphatic carbocycles. The first-order valence-electron chi connectivity index (χ1n) is 9.52. The molecule has 2 aliphatic rings. The van der Waals surface area contributed by atoms with Crippen molar-refractivity contribution < 1.29 is 13.2 Å². The van der Waals surface area contributed by atoms with E-state index in [0.29, 0.717) is 44.6 Å². The number of likely N-dealkylation sites (tertiary alicyclic amines) is 1. The van der Waals surface area contributed by atoms with Gasteiger partial charge in [-0.15, -0.1) is 0 Å². The van der Waals surface area contributed by atoms with Crippen LogP contribution in [0, 0.1) is 11.8 Å². The molecule has 1 aromatic carbocycles. The Morgan fingerprint density at radius 2 is 1.67 bits per heavy atom. The molecule has 0 spiro atoms. The third-order valence-corrected chi connectivity index (χ3v) is 7.75. The number of piperazine rings is 1. The van der Waals surface area contributed by atoms with Crippen LogP contribution in [0.5, 0.6) is 0 Å². The lowest BCUT2D eigenvalue weighted by Gasteiger charge is -2.38. The molecule has 2 unspecified atom stereocenters. The number of amides is 1. The first-order valence-corrected chi connectivity index (χ1v) is 11.3. The van der Waals surface area contributed by atoms with Gasteiger partial charge in [0.25, 0.3) is 0 Å². The molecule has 150 valence electrons. The Hall–Kier alpha value is -1.15. The van der Waals surface area contributed by atoms with E-state index >= 15 is 0 Å². The summed E-state index contributed by atoms with van der Waals surface area (Å²) in [6.45, 7) is 8.22. The largest absolute Gasteiger partial charge is 0.339 e. The average molecular weight is 414 g/mol. The molecule has 2 fully saturated rings. The maximum atomic E-state index is 12.8. The molecule has 2 aliphatic heterocycles. The highest BCUT2D eigenvalue weighted by Crippen LogP contribution is 2.25. The molecule has 27 heavy (non-hydrogen) atoms. The van der Waals surface area contributed by atoms with Crippen molar-refractivity contribution >= 4 is 27.5 Å². The average Bonchev–Trinajstić information content (AvgIpc) is 2.61. The summed E-state index contributed by atoms with van der Waals surface area (Å²) in [4.78, 5) is 16.8. The molecule has 1 aromatic rings. The van der Waals surface area contributed by atoms with Crippen LogP contribution in [0.25, 0.3) is 0 Å². The van der Waals surface area contributed by atoms with Crippen LogP contribution in [0.2, 0.25) is 5.02 Å². The van der Waals surface area contributed by atoms with Crippen LogP contribution >= 0.6 is 11.6 Å². The van der Waals surface area contributed by atoms with Gasteiger partial charge in [0.05, 0.1) is 11.6 Å². The number of hydrogen-bond acceptors (Lipinski definition) is 4. The van der Waals surface area contributed by atoms with E-state index in [1.165, 1.54) is 16.8 Å². The molecule has 3 rings (SSSR count). The van der Waals surface area contributed by atoms with E-state index in [9.17, 15) is 13.2 Å². The van der Waals surface area contributed by atoms with Crippen LogP contribution in [0.3, 0.4) is 0 Å². The number of sulfonamides is 1. The Kier molecular flexibility index (Phi) is 6.46.